The number of rotatable bonds is 5. The maximum atomic E-state index is 12.9. The van der Waals surface area contributed by atoms with Crippen LogP contribution in [-0.4, -0.2) is 28.2 Å². The van der Waals surface area contributed by atoms with Gasteiger partial charge in [-0.2, -0.15) is 13.2 Å². The molecule has 2 aliphatic rings. The van der Waals surface area contributed by atoms with Crippen molar-refractivity contribution in [1.82, 2.24) is 15.4 Å². The van der Waals surface area contributed by atoms with Crippen LogP contribution in [0, 0.1) is 5.92 Å². The van der Waals surface area contributed by atoms with Crippen molar-refractivity contribution < 1.29 is 27.0 Å². The molecular formula is C21H20F3N3O3S. The molecule has 1 spiro atoms. The van der Waals surface area contributed by atoms with Gasteiger partial charge in [-0.3, -0.25) is 10.1 Å². The predicted octanol–water partition coefficient (Wildman–Crippen LogP) is 3.36. The number of hydrogen-bond acceptors (Lipinski definition) is 3. The number of nitrogens with one attached hydrogen (secondary N) is 3. The maximum absolute atomic E-state index is 12.9. The first kappa shape index (κ1) is 21.5. The molecule has 31 heavy (non-hydrogen) atoms. The van der Waals surface area contributed by atoms with Gasteiger partial charge in [0.15, 0.2) is 0 Å². The molecule has 3 atom stereocenters. The predicted molar refractivity (Wildman–Crippen MR) is 108 cm³/mol. The SMILES string of the molecule is O=C1NC(=O)C2(CCCC2CNS(=O)c2ccc(-c3cccc(C(F)(F)F)c3)cc2)N1. The number of halogens is 3. The van der Waals surface area contributed by atoms with Crippen LogP contribution in [0.25, 0.3) is 11.1 Å². The third kappa shape index (κ3) is 4.22. The van der Waals surface area contributed by atoms with Crippen molar-refractivity contribution >= 4 is 22.9 Å². The molecule has 2 aromatic rings. The van der Waals surface area contributed by atoms with E-state index >= 15 is 0 Å². The van der Waals surface area contributed by atoms with Gasteiger partial charge in [0.25, 0.3) is 5.91 Å². The van der Waals surface area contributed by atoms with E-state index < -0.39 is 34.3 Å². The average molecular weight is 451 g/mol. The Bertz CT molecular complexity index is 1040. The number of carbonyl (C=O) groups excluding carboxylic acids is 2. The fraction of sp³-hybridized carbons (Fsp3) is 0.333. The van der Waals surface area contributed by atoms with Gasteiger partial charge in [-0.1, -0.05) is 30.7 Å². The fourth-order valence-corrected chi connectivity index (χ4v) is 5.13. The van der Waals surface area contributed by atoms with E-state index in [1.54, 1.807) is 30.3 Å². The normalized spacial score (nSPS) is 24.3. The molecule has 1 heterocycles. The Morgan fingerprint density at radius 2 is 1.84 bits per heavy atom. The Labute approximate surface area is 179 Å². The molecule has 1 aliphatic heterocycles. The minimum atomic E-state index is -4.42. The van der Waals surface area contributed by atoms with Crippen LogP contribution in [0.5, 0.6) is 0 Å². The lowest BCUT2D eigenvalue weighted by atomic mass is 9.87. The highest BCUT2D eigenvalue weighted by Gasteiger charge is 2.54. The largest absolute Gasteiger partial charge is 0.416 e. The maximum Gasteiger partial charge on any atom is 0.416 e. The third-order valence-corrected chi connectivity index (χ3v) is 6.97. The van der Waals surface area contributed by atoms with Crippen LogP contribution in [-0.2, 0) is 22.0 Å². The molecule has 3 unspecified atom stereocenters. The number of imide groups is 1. The highest BCUT2D eigenvalue weighted by atomic mass is 32.2. The van der Waals surface area contributed by atoms with Gasteiger partial charge in [0.05, 0.1) is 10.5 Å². The molecule has 6 nitrogen and oxygen atoms in total. The van der Waals surface area contributed by atoms with E-state index in [4.69, 9.17) is 0 Å². The van der Waals surface area contributed by atoms with Crippen LogP contribution in [0.3, 0.4) is 0 Å². The lowest BCUT2D eigenvalue weighted by molar-refractivity contribution is -0.137. The summed E-state index contributed by atoms with van der Waals surface area (Å²) in [5.74, 6) is -0.537. The summed E-state index contributed by atoms with van der Waals surface area (Å²) >= 11 is 0. The Kier molecular flexibility index (Phi) is 5.61. The number of benzene rings is 2. The lowest BCUT2D eigenvalue weighted by Gasteiger charge is -2.28. The summed E-state index contributed by atoms with van der Waals surface area (Å²) in [7, 11) is -1.57. The zero-order chi connectivity index (χ0) is 22.2. The van der Waals surface area contributed by atoms with Crippen molar-refractivity contribution in [2.45, 2.75) is 35.9 Å². The lowest BCUT2D eigenvalue weighted by Crippen LogP contribution is -2.52. The van der Waals surface area contributed by atoms with E-state index in [2.05, 4.69) is 15.4 Å². The van der Waals surface area contributed by atoms with Crippen molar-refractivity contribution in [3.05, 3.63) is 54.1 Å². The second kappa shape index (κ2) is 8.08. The smallest absolute Gasteiger partial charge is 0.323 e. The van der Waals surface area contributed by atoms with E-state index in [0.29, 0.717) is 28.9 Å². The van der Waals surface area contributed by atoms with Crippen molar-refractivity contribution in [1.29, 1.82) is 0 Å². The van der Waals surface area contributed by atoms with Gasteiger partial charge in [0, 0.05) is 12.5 Å². The van der Waals surface area contributed by atoms with Crippen LogP contribution in [0.15, 0.2) is 53.4 Å². The number of carbonyl (C=O) groups is 2. The zero-order valence-corrected chi connectivity index (χ0v) is 17.1. The van der Waals surface area contributed by atoms with Gasteiger partial charge in [-0.25, -0.2) is 13.7 Å². The summed E-state index contributed by atoms with van der Waals surface area (Å²) in [6, 6.07) is 10.9. The molecule has 10 heteroatoms. The summed E-state index contributed by atoms with van der Waals surface area (Å²) in [5.41, 5.74) is -0.697. The molecular weight excluding hydrogens is 431 g/mol. The van der Waals surface area contributed by atoms with Gasteiger partial charge >= 0.3 is 12.2 Å². The molecule has 2 aromatic carbocycles. The summed E-state index contributed by atoms with van der Waals surface area (Å²) in [6.07, 6.45) is -2.39. The van der Waals surface area contributed by atoms with Crippen molar-refractivity contribution in [3.63, 3.8) is 0 Å². The summed E-state index contributed by atoms with van der Waals surface area (Å²) < 4.78 is 54.3. The number of urea groups is 1. The number of hydrogen-bond donors (Lipinski definition) is 3. The van der Waals surface area contributed by atoms with Crippen molar-refractivity contribution in [2.75, 3.05) is 6.54 Å². The average Bonchev–Trinajstić information content (AvgIpc) is 3.27. The van der Waals surface area contributed by atoms with Crippen molar-refractivity contribution in [3.8, 4) is 11.1 Å². The molecule has 2 fully saturated rings. The fourth-order valence-electron chi connectivity index (χ4n) is 4.23. The standard InChI is InChI=1S/C21H20F3N3O3S/c22-21(23,24)15-4-1-3-14(11-15)13-6-8-17(9-7-13)31(30)25-12-16-5-2-10-20(16)18(28)26-19(29)27-20/h1,3-4,6-9,11,16,25H,2,5,10,12H2,(H2,26,27,28,29). The monoisotopic (exact) mass is 451 g/mol. The first-order valence-electron chi connectivity index (χ1n) is 9.76. The van der Waals surface area contributed by atoms with Gasteiger partial charge < -0.3 is 5.32 Å². The molecule has 1 saturated carbocycles. The summed E-state index contributed by atoms with van der Waals surface area (Å²) in [4.78, 5) is 24.2. The summed E-state index contributed by atoms with van der Waals surface area (Å²) in [5, 5.41) is 4.99. The van der Waals surface area contributed by atoms with E-state index in [-0.39, 0.29) is 18.4 Å². The van der Waals surface area contributed by atoms with Crippen LogP contribution < -0.4 is 15.4 Å². The second-order valence-electron chi connectivity index (χ2n) is 7.69. The molecule has 3 N–H and O–H groups in total. The Balaban J connectivity index is 1.42. The molecule has 0 bridgehead atoms. The molecule has 4 rings (SSSR count). The highest BCUT2D eigenvalue weighted by Crippen LogP contribution is 2.37. The van der Waals surface area contributed by atoms with Crippen LogP contribution >= 0.6 is 0 Å². The molecule has 1 aliphatic carbocycles. The quantitative estimate of drug-likeness (QED) is 0.610. The van der Waals surface area contributed by atoms with Crippen molar-refractivity contribution in [2.24, 2.45) is 5.92 Å². The topological polar surface area (TPSA) is 87.3 Å². The van der Waals surface area contributed by atoms with Gasteiger partial charge in [-0.15, -0.1) is 0 Å². The number of alkyl halides is 3. The minimum absolute atomic E-state index is 0.188. The van der Waals surface area contributed by atoms with Crippen LogP contribution in [0.1, 0.15) is 24.8 Å². The van der Waals surface area contributed by atoms with Gasteiger partial charge in [-0.05, 0) is 48.2 Å². The van der Waals surface area contributed by atoms with Crippen LogP contribution in [0.4, 0.5) is 18.0 Å². The Morgan fingerprint density at radius 1 is 1.10 bits per heavy atom. The second-order valence-corrected chi connectivity index (χ2v) is 8.99. The van der Waals surface area contributed by atoms with Gasteiger partial charge in [0.1, 0.15) is 16.5 Å². The van der Waals surface area contributed by atoms with E-state index in [9.17, 15) is 27.0 Å². The minimum Gasteiger partial charge on any atom is -0.323 e. The Hall–Kier alpha value is -2.72. The molecule has 164 valence electrons. The van der Waals surface area contributed by atoms with Crippen LogP contribution in [0.2, 0.25) is 0 Å². The van der Waals surface area contributed by atoms with E-state index in [0.717, 1.165) is 18.6 Å². The first-order chi connectivity index (χ1) is 14.7. The Morgan fingerprint density at radius 3 is 2.48 bits per heavy atom. The van der Waals surface area contributed by atoms with E-state index in [1.165, 1.54) is 6.07 Å². The van der Waals surface area contributed by atoms with E-state index in [1.807, 2.05) is 0 Å². The molecule has 1 saturated heterocycles. The number of amides is 3. The highest BCUT2D eigenvalue weighted by molar-refractivity contribution is 7.83. The summed E-state index contributed by atoms with van der Waals surface area (Å²) in [6.45, 7) is 0.274. The molecule has 0 aromatic heterocycles. The zero-order valence-electron chi connectivity index (χ0n) is 16.3. The first-order valence-corrected chi connectivity index (χ1v) is 10.9. The molecule has 0 radical (unpaired) electrons. The van der Waals surface area contributed by atoms with Gasteiger partial charge in [0.2, 0.25) is 0 Å². The molecule has 3 amide bonds. The third-order valence-electron chi connectivity index (χ3n) is 5.84.